The Morgan fingerprint density at radius 3 is 2.45 bits per heavy atom. The van der Waals surface area contributed by atoms with Gasteiger partial charge < -0.3 is 4.74 Å². The van der Waals surface area contributed by atoms with Crippen LogP contribution in [0.1, 0.15) is 29.9 Å². The minimum absolute atomic E-state index is 0.190. The quantitative estimate of drug-likeness (QED) is 0.379. The summed E-state index contributed by atoms with van der Waals surface area (Å²) < 4.78 is 31.2. The number of aromatic nitrogens is 2. The predicted molar refractivity (Wildman–Crippen MR) is 130 cm³/mol. The van der Waals surface area contributed by atoms with Gasteiger partial charge in [0.15, 0.2) is 15.0 Å². The number of nitrogens with zero attached hydrogens (tertiary/aromatic N) is 3. The number of pyridine rings is 1. The molecule has 0 saturated carbocycles. The van der Waals surface area contributed by atoms with Gasteiger partial charge in [0.2, 0.25) is 0 Å². The molecule has 4 rings (SSSR count). The number of thiazole rings is 1. The van der Waals surface area contributed by atoms with Crippen LogP contribution in [-0.4, -0.2) is 36.7 Å². The second-order valence-electron chi connectivity index (χ2n) is 7.63. The summed E-state index contributed by atoms with van der Waals surface area (Å²) in [4.78, 5) is 24.3. The maximum atomic E-state index is 13.6. The molecule has 0 unspecified atom stereocenters. The zero-order chi connectivity index (χ0) is 23.6. The van der Waals surface area contributed by atoms with Gasteiger partial charge >= 0.3 is 0 Å². The van der Waals surface area contributed by atoms with E-state index in [0.29, 0.717) is 27.7 Å². The molecular formula is C24H23N3O4S2. The summed E-state index contributed by atoms with van der Waals surface area (Å²) in [5.74, 6) is 0.329. The molecule has 2 aromatic carbocycles. The number of para-hydroxylation sites is 1. The summed E-state index contributed by atoms with van der Waals surface area (Å²) in [7, 11) is -1.84. The molecule has 1 amide bonds. The van der Waals surface area contributed by atoms with E-state index >= 15 is 0 Å². The smallest absolute Gasteiger partial charge is 0.260 e. The molecule has 170 valence electrons. The van der Waals surface area contributed by atoms with E-state index in [9.17, 15) is 13.2 Å². The largest absolute Gasteiger partial charge is 0.494 e. The topological polar surface area (TPSA) is 89.5 Å². The van der Waals surface area contributed by atoms with E-state index in [4.69, 9.17) is 4.74 Å². The average Bonchev–Trinajstić information content (AvgIpc) is 3.27. The van der Waals surface area contributed by atoms with Crippen LogP contribution in [-0.2, 0) is 16.4 Å². The van der Waals surface area contributed by atoms with E-state index in [2.05, 4.69) is 9.97 Å². The Labute approximate surface area is 196 Å². The number of sulfone groups is 1. The molecule has 0 aliphatic rings. The van der Waals surface area contributed by atoms with E-state index in [1.165, 1.54) is 35.6 Å². The first kappa shape index (κ1) is 22.9. The van der Waals surface area contributed by atoms with Crippen LogP contribution in [0, 0.1) is 0 Å². The molecule has 0 atom stereocenters. The second-order valence-corrected chi connectivity index (χ2v) is 11.1. The average molecular weight is 482 g/mol. The van der Waals surface area contributed by atoms with E-state index in [0.717, 1.165) is 4.70 Å². The highest BCUT2D eigenvalue weighted by molar-refractivity contribution is 7.92. The Balaban J connectivity index is 1.74. The maximum absolute atomic E-state index is 13.6. The molecule has 0 saturated heterocycles. The zero-order valence-electron chi connectivity index (χ0n) is 18.4. The zero-order valence-corrected chi connectivity index (χ0v) is 20.1. The first-order valence-corrected chi connectivity index (χ1v) is 12.7. The van der Waals surface area contributed by atoms with Crippen molar-refractivity contribution in [3.63, 3.8) is 0 Å². The van der Waals surface area contributed by atoms with Gasteiger partial charge in [0, 0.05) is 11.8 Å². The summed E-state index contributed by atoms with van der Waals surface area (Å²) >= 11 is 1.38. The van der Waals surface area contributed by atoms with Gasteiger partial charge in [-0.15, -0.1) is 0 Å². The summed E-state index contributed by atoms with van der Waals surface area (Å²) in [6.07, 6.45) is 1.67. The molecular weight excluding hydrogens is 458 g/mol. The molecule has 33 heavy (non-hydrogen) atoms. The van der Waals surface area contributed by atoms with Crippen LogP contribution in [0.25, 0.3) is 10.2 Å². The van der Waals surface area contributed by atoms with Crippen LogP contribution in [0.2, 0.25) is 0 Å². The second kappa shape index (κ2) is 9.29. The summed E-state index contributed by atoms with van der Waals surface area (Å²) in [6.45, 7) is 3.47. The molecule has 0 aliphatic heterocycles. The van der Waals surface area contributed by atoms with Gasteiger partial charge in [-0.3, -0.25) is 14.7 Å². The summed E-state index contributed by atoms with van der Waals surface area (Å²) in [5.41, 5.74) is 1.74. The predicted octanol–water partition coefficient (Wildman–Crippen LogP) is 4.73. The number of hydrogen-bond donors (Lipinski definition) is 0. The number of amides is 1. The molecule has 0 spiro atoms. The fourth-order valence-electron chi connectivity index (χ4n) is 3.29. The highest BCUT2D eigenvalue weighted by Gasteiger charge is 2.24. The molecule has 4 aromatic rings. The number of carbonyl (C=O) groups excluding carboxylic acids is 1. The van der Waals surface area contributed by atoms with Crippen molar-refractivity contribution in [2.75, 3.05) is 12.0 Å². The molecule has 0 bridgehead atoms. The van der Waals surface area contributed by atoms with Gasteiger partial charge in [0.05, 0.1) is 34.2 Å². The highest BCUT2D eigenvalue weighted by Crippen LogP contribution is 2.35. The minimum Gasteiger partial charge on any atom is -0.494 e. The van der Waals surface area contributed by atoms with Crippen LogP contribution in [0.4, 0.5) is 5.13 Å². The van der Waals surface area contributed by atoms with Crippen molar-refractivity contribution in [2.24, 2.45) is 0 Å². The fraction of sp³-hybridized carbons (Fsp3) is 0.208. The molecule has 0 aliphatic carbocycles. The van der Waals surface area contributed by atoms with Crippen LogP contribution < -0.4 is 9.64 Å². The Bertz CT molecular complexity index is 1380. The van der Waals surface area contributed by atoms with E-state index in [1.54, 1.807) is 32.1 Å². The van der Waals surface area contributed by atoms with Crippen molar-refractivity contribution >= 4 is 42.4 Å². The van der Waals surface area contributed by atoms with Crippen molar-refractivity contribution < 1.29 is 17.9 Å². The SMILES string of the molecule is COc1cccc2sc(N(Cc3ccccn3)C(=O)c3ccc(S(=O)(=O)C(C)C)cc3)nc12. The van der Waals surface area contributed by atoms with E-state index in [1.807, 2.05) is 36.4 Å². The third-order valence-corrected chi connectivity index (χ3v) is 8.38. The first-order chi connectivity index (χ1) is 15.8. The van der Waals surface area contributed by atoms with Crippen molar-refractivity contribution in [1.29, 1.82) is 0 Å². The van der Waals surface area contributed by atoms with Crippen molar-refractivity contribution in [3.05, 3.63) is 78.1 Å². The lowest BCUT2D eigenvalue weighted by Gasteiger charge is -2.20. The Kier molecular flexibility index (Phi) is 6.44. The van der Waals surface area contributed by atoms with E-state index in [-0.39, 0.29) is 17.3 Å². The highest BCUT2D eigenvalue weighted by atomic mass is 32.2. The molecule has 0 radical (unpaired) electrons. The number of rotatable bonds is 7. The number of hydrogen-bond acceptors (Lipinski definition) is 7. The number of fused-ring (bicyclic) bond motifs is 1. The van der Waals surface area contributed by atoms with Crippen LogP contribution >= 0.6 is 11.3 Å². The van der Waals surface area contributed by atoms with Crippen molar-refractivity contribution in [1.82, 2.24) is 9.97 Å². The summed E-state index contributed by atoms with van der Waals surface area (Å²) in [6, 6.07) is 17.2. The Morgan fingerprint density at radius 1 is 1.06 bits per heavy atom. The molecule has 0 N–H and O–H groups in total. The van der Waals surface area contributed by atoms with Crippen molar-refractivity contribution in [2.45, 2.75) is 30.5 Å². The third-order valence-electron chi connectivity index (χ3n) is 5.16. The van der Waals surface area contributed by atoms with Gasteiger partial charge in [-0.05, 0) is 62.4 Å². The van der Waals surface area contributed by atoms with Crippen LogP contribution in [0.5, 0.6) is 5.75 Å². The molecule has 9 heteroatoms. The Morgan fingerprint density at radius 2 is 1.82 bits per heavy atom. The number of methoxy groups -OCH3 is 1. The number of benzene rings is 2. The normalized spacial score (nSPS) is 11.6. The van der Waals surface area contributed by atoms with Crippen molar-refractivity contribution in [3.8, 4) is 5.75 Å². The number of anilines is 1. The standard InChI is InChI=1S/C24H23N3O4S2/c1-16(2)33(29,30)19-12-10-17(11-13-19)23(28)27(15-18-7-4-5-14-25-18)24-26-22-20(31-3)8-6-9-21(22)32-24/h4-14,16H,15H2,1-3H3. The van der Waals surface area contributed by atoms with Gasteiger partial charge in [0.1, 0.15) is 11.3 Å². The monoisotopic (exact) mass is 481 g/mol. The molecule has 2 aromatic heterocycles. The summed E-state index contributed by atoms with van der Waals surface area (Å²) in [5, 5.41) is -0.0403. The third kappa shape index (κ3) is 4.60. The minimum atomic E-state index is -3.42. The van der Waals surface area contributed by atoms with Gasteiger partial charge in [0.25, 0.3) is 5.91 Å². The lowest BCUT2D eigenvalue weighted by atomic mass is 10.2. The van der Waals surface area contributed by atoms with Crippen LogP contribution in [0.3, 0.4) is 0 Å². The first-order valence-electron chi connectivity index (χ1n) is 10.3. The van der Waals surface area contributed by atoms with Gasteiger partial charge in [-0.2, -0.15) is 0 Å². The lowest BCUT2D eigenvalue weighted by molar-refractivity contribution is 0.0984. The molecule has 7 nitrogen and oxygen atoms in total. The van der Waals surface area contributed by atoms with Gasteiger partial charge in [-0.25, -0.2) is 13.4 Å². The number of ether oxygens (including phenoxy) is 1. The molecule has 2 heterocycles. The molecule has 0 fully saturated rings. The maximum Gasteiger partial charge on any atom is 0.260 e. The van der Waals surface area contributed by atoms with E-state index < -0.39 is 15.1 Å². The van der Waals surface area contributed by atoms with Crippen LogP contribution in [0.15, 0.2) is 71.8 Å². The lowest BCUT2D eigenvalue weighted by Crippen LogP contribution is -2.30. The Hall–Kier alpha value is -3.30. The fourth-order valence-corrected chi connectivity index (χ4v) is 5.33. The van der Waals surface area contributed by atoms with Gasteiger partial charge in [-0.1, -0.05) is 23.5 Å². The number of carbonyl (C=O) groups is 1.